The summed E-state index contributed by atoms with van der Waals surface area (Å²) in [6.07, 6.45) is 1.25. The standard InChI is InChI=1S/C11H17NO3/c1-4-8-6-9(13)10(7(3)12-8)11(14)15-5-2/h8,12H,4-6H2,1-3H3. The Morgan fingerprint density at radius 1 is 1.53 bits per heavy atom. The molecule has 0 fully saturated rings. The van der Waals surface area contributed by atoms with Crippen LogP contribution in [-0.2, 0) is 14.3 Å². The summed E-state index contributed by atoms with van der Waals surface area (Å²) < 4.78 is 4.83. The van der Waals surface area contributed by atoms with Gasteiger partial charge in [0.15, 0.2) is 5.78 Å². The Bertz CT molecular complexity index is 307. The summed E-state index contributed by atoms with van der Waals surface area (Å²) in [4.78, 5) is 23.2. The van der Waals surface area contributed by atoms with Crippen molar-refractivity contribution in [3.8, 4) is 0 Å². The van der Waals surface area contributed by atoms with Crippen molar-refractivity contribution < 1.29 is 14.3 Å². The van der Waals surface area contributed by atoms with Crippen LogP contribution >= 0.6 is 0 Å². The number of nitrogens with one attached hydrogen (secondary N) is 1. The molecule has 0 aromatic rings. The molecule has 4 nitrogen and oxygen atoms in total. The lowest BCUT2D eigenvalue weighted by Crippen LogP contribution is -2.38. The first kappa shape index (κ1) is 11.8. The van der Waals surface area contributed by atoms with E-state index in [0.717, 1.165) is 6.42 Å². The molecular formula is C11H17NO3. The Balaban J connectivity index is 2.86. The molecular weight excluding hydrogens is 194 g/mol. The molecule has 1 unspecified atom stereocenters. The van der Waals surface area contributed by atoms with Crippen molar-refractivity contribution in [2.75, 3.05) is 6.61 Å². The van der Waals surface area contributed by atoms with Crippen LogP contribution in [0.3, 0.4) is 0 Å². The second-order valence-corrected chi connectivity index (χ2v) is 3.60. The highest BCUT2D eigenvalue weighted by Gasteiger charge is 2.29. The maximum atomic E-state index is 11.7. The molecule has 1 heterocycles. The number of carbonyl (C=O) groups excluding carboxylic acids is 2. The van der Waals surface area contributed by atoms with E-state index >= 15 is 0 Å². The van der Waals surface area contributed by atoms with Crippen LogP contribution in [0.25, 0.3) is 0 Å². The van der Waals surface area contributed by atoms with Crippen LogP contribution in [0.4, 0.5) is 0 Å². The van der Waals surface area contributed by atoms with E-state index < -0.39 is 5.97 Å². The monoisotopic (exact) mass is 211 g/mol. The largest absolute Gasteiger partial charge is 0.462 e. The number of ether oxygens (including phenoxy) is 1. The molecule has 1 N–H and O–H groups in total. The molecule has 1 aliphatic rings. The van der Waals surface area contributed by atoms with Crippen molar-refractivity contribution in [1.29, 1.82) is 0 Å². The highest BCUT2D eigenvalue weighted by molar-refractivity contribution is 6.18. The second kappa shape index (κ2) is 4.96. The lowest BCUT2D eigenvalue weighted by atomic mass is 9.96. The van der Waals surface area contributed by atoms with Gasteiger partial charge in [-0.2, -0.15) is 0 Å². The predicted octanol–water partition coefficient (Wildman–Crippen LogP) is 1.16. The molecule has 1 aliphatic heterocycles. The molecule has 4 heteroatoms. The predicted molar refractivity (Wildman–Crippen MR) is 56.2 cm³/mol. The molecule has 1 rings (SSSR count). The molecule has 0 radical (unpaired) electrons. The Hall–Kier alpha value is -1.32. The fourth-order valence-electron chi connectivity index (χ4n) is 1.68. The van der Waals surface area contributed by atoms with Crippen molar-refractivity contribution in [2.24, 2.45) is 0 Å². The van der Waals surface area contributed by atoms with Crippen molar-refractivity contribution in [3.63, 3.8) is 0 Å². The third kappa shape index (κ3) is 2.58. The number of rotatable bonds is 3. The zero-order valence-electron chi connectivity index (χ0n) is 9.42. The van der Waals surface area contributed by atoms with Gasteiger partial charge in [0.1, 0.15) is 5.57 Å². The molecule has 0 bridgehead atoms. The number of allylic oxidation sites excluding steroid dienone is 1. The van der Waals surface area contributed by atoms with Gasteiger partial charge in [0, 0.05) is 18.2 Å². The topological polar surface area (TPSA) is 55.4 Å². The molecule has 0 saturated heterocycles. The van der Waals surface area contributed by atoms with E-state index in [0.29, 0.717) is 18.7 Å². The molecule has 0 amide bonds. The van der Waals surface area contributed by atoms with E-state index in [1.54, 1.807) is 13.8 Å². The fourth-order valence-corrected chi connectivity index (χ4v) is 1.68. The van der Waals surface area contributed by atoms with E-state index in [2.05, 4.69) is 5.32 Å². The van der Waals surface area contributed by atoms with Gasteiger partial charge in [0.05, 0.1) is 6.61 Å². The Morgan fingerprint density at radius 2 is 2.20 bits per heavy atom. The number of esters is 1. The minimum absolute atomic E-state index is 0.114. The average Bonchev–Trinajstić information content (AvgIpc) is 2.16. The molecule has 0 spiro atoms. The Labute approximate surface area is 89.7 Å². The first-order chi connectivity index (χ1) is 7.10. The molecule has 0 aliphatic carbocycles. The number of hydrogen-bond acceptors (Lipinski definition) is 4. The highest BCUT2D eigenvalue weighted by atomic mass is 16.5. The number of carbonyl (C=O) groups is 2. The van der Waals surface area contributed by atoms with Gasteiger partial charge in [-0.05, 0) is 20.3 Å². The summed E-state index contributed by atoms with van der Waals surface area (Å²) in [7, 11) is 0. The van der Waals surface area contributed by atoms with Gasteiger partial charge < -0.3 is 10.1 Å². The quantitative estimate of drug-likeness (QED) is 0.562. The van der Waals surface area contributed by atoms with E-state index in [4.69, 9.17) is 4.74 Å². The number of Topliss-reactive ketones (excluding diaryl/α,β-unsaturated/α-hetero) is 1. The Kier molecular flexibility index (Phi) is 3.88. The number of ketones is 1. The van der Waals surface area contributed by atoms with Crippen LogP contribution < -0.4 is 5.32 Å². The lowest BCUT2D eigenvalue weighted by molar-refractivity contribution is -0.140. The maximum absolute atomic E-state index is 11.7. The van der Waals surface area contributed by atoms with Gasteiger partial charge in [-0.15, -0.1) is 0 Å². The zero-order valence-corrected chi connectivity index (χ0v) is 9.42. The van der Waals surface area contributed by atoms with E-state index in [1.807, 2.05) is 6.92 Å². The van der Waals surface area contributed by atoms with Crippen LogP contribution in [0, 0.1) is 0 Å². The lowest BCUT2D eigenvalue weighted by Gasteiger charge is -2.25. The molecule has 0 aromatic heterocycles. The molecule has 0 aromatic carbocycles. The van der Waals surface area contributed by atoms with Crippen molar-refractivity contribution in [2.45, 2.75) is 39.7 Å². The van der Waals surface area contributed by atoms with Crippen molar-refractivity contribution >= 4 is 11.8 Å². The summed E-state index contributed by atoms with van der Waals surface area (Å²) >= 11 is 0. The number of hydrogen-bond donors (Lipinski definition) is 1. The van der Waals surface area contributed by atoms with Crippen LogP contribution in [0.15, 0.2) is 11.3 Å². The van der Waals surface area contributed by atoms with Gasteiger partial charge in [0.25, 0.3) is 0 Å². The summed E-state index contributed by atoms with van der Waals surface area (Å²) in [5.74, 6) is -0.626. The van der Waals surface area contributed by atoms with Gasteiger partial charge in [-0.1, -0.05) is 6.92 Å². The van der Waals surface area contributed by atoms with Gasteiger partial charge in [0.2, 0.25) is 0 Å². The van der Waals surface area contributed by atoms with Crippen molar-refractivity contribution in [3.05, 3.63) is 11.3 Å². The maximum Gasteiger partial charge on any atom is 0.343 e. The third-order valence-electron chi connectivity index (χ3n) is 2.48. The highest BCUT2D eigenvalue weighted by Crippen LogP contribution is 2.17. The molecule has 0 saturated carbocycles. The first-order valence-electron chi connectivity index (χ1n) is 5.27. The smallest absolute Gasteiger partial charge is 0.343 e. The minimum atomic E-state index is -0.512. The van der Waals surface area contributed by atoms with Crippen LogP contribution in [0.1, 0.15) is 33.6 Å². The summed E-state index contributed by atoms with van der Waals surface area (Å²) in [6.45, 7) is 5.77. The SMILES string of the molecule is CCOC(=O)C1=C(C)NC(CC)CC1=O. The molecule has 15 heavy (non-hydrogen) atoms. The summed E-state index contributed by atoms with van der Waals surface area (Å²) in [6, 6.07) is 0.149. The van der Waals surface area contributed by atoms with Crippen LogP contribution in [0.2, 0.25) is 0 Å². The van der Waals surface area contributed by atoms with E-state index in [1.165, 1.54) is 0 Å². The van der Waals surface area contributed by atoms with Gasteiger partial charge in [-0.25, -0.2) is 4.79 Å². The van der Waals surface area contributed by atoms with Crippen molar-refractivity contribution in [1.82, 2.24) is 5.32 Å². The normalized spacial score (nSPS) is 21.3. The first-order valence-corrected chi connectivity index (χ1v) is 5.27. The zero-order chi connectivity index (χ0) is 11.4. The van der Waals surface area contributed by atoms with Gasteiger partial charge in [-0.3, -0.25) is 4.79 Å². The van der Waals surface area contributed by atoms with Crippen LogP contribution in [-0.4, -0.2) is 24.4 Å². The Morgan fingerprint density at radius 3 is 2.67 bits per heavy atom. The second-order valence-electron chi connectivity index (χ2n) is 3.60. The van der Waals surface area contributed by atoms with E-state index in [-0.39, 0.29) is 17.4 Å². The van der Waals surface area contributed by atoms with Gasteiger partial charge >= 0.3 is 5.97 Å². The average molecular weight is 211 g/mol. The third-order valence-corrected chi connectivity index (χ3v) is 2.48. The minimum Gasteiger partial charge on any atom is -0.462 e. The van der Waals surface area contributed by atoms with E-state index in [9.17, 15) is 9.59 Å². The van der Waals surface area contributed by atoms with Crippen LogP contribution in [0.5, 0.6) is 0 Å². The fraction of sp³-hybridized carbons (Fsp3) is 0.636. The molecule has 84 valence electrons. The summed E-state index contributed by atoms with van der Waals surface area (Å²) in [5, 5.41) is 3.14. The summed E-state index contributed by atoms with van der Waals surface area (Å²) in [5.41, 5.74) is 0.818. The molecule has 1 atom stereocenters.